The van der Waals surface area contributed by atoms with Crippen molar-refractivity contribution in [2.24, 2.45) is 0 Å². The number of amides is 1. The summed E-state index contributed by atoms with van der Waals surface area (Å²) in [5.41, 5.74) is -0.158. The molecule has 0 radical (unpaired) electrons. The topological polar surface area (TPSA) is 93.4 Å². The van der Waals surface area contributed by atoms with Crippen LogP contribution in [0, 0.1) is 23.2 Å². The third-order valence-corrected chi connectivity index (χ3v) is 4.68. The highest BCUT2D eigenvalue weighted by atomic mass is 79.9. The van der Waals surface area contributed by atoms with Gasteiger partial charge in [0.2, 0.25) is 0 Å². The number of halogens is 3. The standard InChI is InChI=1S/C15H12BrF2N5O2/c16-10-2-1-9-12(11(10)17)20-14(18)21-13(9)22-5-6-23(15(24)25)8(7-22)3-4-19/h1-2,8H,3,5-7H2,(H,24,25). The maximum absolute atomic E-state index is 14.2. The summed E-state index contributed by atoms with van der Waals surface area (Å²) in [4.78, 5) is 21.4. The van der Waals surface area contributed by atoms with Gasteiger partial charge in [-0.25, -0.2) is 9.18 Å². The molecule has 0 saturated carbocycles. The second kappa shape index (κ2) is 6.76. The van der Waals surface area contributed by atoms with Crippen molar-refractivity contribution in [3.8, 4) is 6.07 Å². The fourth-order valence-electron chi connectivity index (χ4n) is 2.92. The van der Waals surface area contributed by atoms with Crippen LogP contribution in [0.5, 0.6) is 0 Å². The van der Waals surface area contributed by atoms with E-state index >= 15 is 0 Å². The normalized spacial score (nSPS) is 17.6. The van der Waals surface area contributed by atoms with Gasteiger partial charge in [0.1, 0.15) is 11.3 Å². The molecule has 1 atom stereocenters. The molecule has 1 aliphatic rings. The van der Waals surface area contributed by atoms with Crippen LogP contribution in [-0.2, 0) is 0 Å². The molecule has 2 aromatic rings. The van der Waals surface area contributed by atoms with E-state index in [4.69, 9.17) is 5.26 Å². The van der Waals surface area contributed by atoms with E-state index in [1.807, 2.05) is 6.07 Å². The van der Waals surface area contributed by atoms with Gasteiger partial charge in [0, 0.05) is 25.0 Å². The van der Waals surface area contributed by atoms with Crippen LogP contribution in [0.15, 0.2) is 16.6 Å². The van der Waals surface area contributed by atoms with Crippen molar-refractivity contribution >= 4 is 38.7 Å². The third kappa shape index (κ3) is 3.19. The van der Waals surface area contributed by atoms with Crippen molar-refractivity contribution < 1.29 is 18.7 Å². The molecule has 1 N–H and O–H groups in total. The fraction of sp³-hybridized carbons (Fsp3) is 0.333. The van der Waals surface area contributed by atoms with Crippen molar-refractivity contribution in [2.45, 2.75) is 12.5 Å². The first-order chi connectivity index (χ1) is 11.9. The van der Waals surface area contributed by atoms with Gasteiger partial charge in [-0.05, 0) is 28.1 Å². The number of nitrogens with zero attached hydrogens (tertiary/aromatic N) is 5. The number of nitriles is 1. The number of fused-ring (bicyclic) bond motifs is 1. The van der Waals surface area contributed by atoms with E-state index in [0.29, 0.717) is 5.39 Å². The Morgan fingerprint density at radius 3 is 2.84 bits per heavy atom. The maximum atomic E-state index is 14.2. The van der Waals surface area contributed by atoms with Gasteiger partial charge in [0.15, 0.2) is 5.82 Å². The lowest BCUT2D eigenvalue weighted by molar-refractivity contribution is 0.119. The Morgan fingerprint density at radius 1 is 1.40 bits per heavy atom. The highest BCUT2D eigenvalue weighted by Gasteiger charge is 2.32. The first-order valence-electron chi connectivity index (χ1n) is 7.35. The van der Waals surface area contributed by atoms with Crippen molar-refractivity contribution in [3.63, 3.8) is 0 Å². The van der Waals surface area contributed by atoms with Crippen molar-refractivity contribution in [2.75, 3.05) is 24.5 Å². The molecule has 0 spiro atoms. The lowest BCUT2D eigenvalue weighted by Gasteiger charge is -2.39. The van der Waals surface area contributed by atoms with Crippen LogP contribution < -0.4 is 4.90 Å². The van der Waals surface area contributed by atoms with Gasteiger partial charge in [-0.1, -0.05) is 0 Å². The van der Waals surface area contributed by atoms with Gasteiger partial charge in [-0.3, -0.25) is 0 Å². The van der Waals surface area contributed by atoms with E-state index < -0.39 is 24.0 Å². The molecular weight excluding hydrogens is 400 g/mol. The first kappa shape index (κ1) is 17.3. The molecule has 1 saturated heterocycles. The SMILES string of the molecule is N#CCC1CN(c2nc(F)nc3c(F)c(Br)ccc23)CCN1C(=O)O. The molecule has 7 nitrogen and oxygen atoms in total. The summed E-state index contributed by atoms with van der Waals surface area (Å²) < 4.78 is 28.2. The largest absolute Gasteiger partial charge is 0.465 e. The molecule has 0 aliphatic carbocycles. The van der Waals surface area contributed by atoms with Crippen LogP contribution in [0.25, 0.3) is 10.9 Å². The summed E-state index contributed by atoms with van der Waals surface area (Å²) in [5.74, 6) is -0.514. The summed E-state index contributed by atoms with van der Waals surface area (Å²) in [7, 11) is 0. The van der Waals surface area contributed by atoms with Crippen LogP contribution in [0.1, 0.15) is 6.42 Å². The Bertz CT molecular complexity index is 888. The molecule has 3 rings (SSSR count). The smallest absolute Gasteiger partial charge is 0.407 e. The van der Waals surface area contributed by atoms with E-state index in [1.165, 1.54) is 11.0 Å². The predicted octanol–water partition coefficient (Wildman–Crippen LogP) is 2.75. The zero-order valence-corrected chi connectivity index (χ0v) is 14.4. The number of piperazine rings is 1. The van der Waals surface area contributed by atoms with E-state index in [9.17, 15) is 18.7 Å². The second-order valence-electron chi connectivity index (χ2n) is 5.51. The number of hydrogen-bond acceptors (Lipinski definition) is 5. The van der Waals surface area contributed by atoms with Crippen molar-refractivity contribution in [1.82, 2.24) is 14.9 Å². The van der Waals surface area contributed by atoms with Gasteiger partial charge >= 0.3 is 12.2 Å². The number of aromatic nitrogens is 2. The molecule has 25 heavy (non-hydrogen) atoms. The minimum absolute atomic E-state index is 0.00575. The number of carbonyl (C=O) groups is 1. The summed E-state index contributed by atoms with van der Waals surface area (Å²) in [5, 5.41) is 18.5. The molecule has 10 heteroatoms. The van der Waals surface area contributed by atoms with E-state index in [0.717, 1.165) is 0 Å². The Morgan fingerprint density at radius 2 is 2.16 bits per heavy atom. The minimum atomic E-state index is -1.12. The van der Waals surface area contributed by atoms with Crippen LogP contribution in [0.3, 0.4) is 0 Å². The minimum Gasteiger partial charge on any atom is -0.465 e. The van der Waals surface area contributed by atoms with Gasteiger partial charge in [-0.2, -0.15) is 19.6 Å². The number of rotatable bonds is 2. The summed E-state index contributed by atoms with van der Waals surface area (Å²) >= 11 is 3.04. The van der Waals surface area contributed by atoms with Gasteiger partial charge < -0.3 is 14.9 Å². The molecule has 1 aliphatic heterocycles. The molecule has 2 heterocycles. The number of benzene rings is 1. The Balaban J connectivity index is 2.03. The predicted molar refractivity (Wildman–Crippen MR) is 88.1 cm³/mol. The molecule has 0 bridgehead atoms. The third-order valence-electron chi connectivity index (χ3n) is 4.07. The van der Waals surface area contributed by atoms with Crippen LogP contribution in [0.4, 0.5) is 19.4 Å². The van der Waals surface area contributed by atoms with Gasteiger partial charge in [-0.15, -0.1) is 0 Å². The molecule has 1 aromatic heterocycles. The zero-order valence-electron chi connectivity index (χ0n) is 12.8. The Labute approximate surface area is 149 Å². The van der Waals surface area contributed by atoms with E-state index in [-0.39, 0.29) is 41.9 Å². The average Bonchev–Trinajstić information content (AvgIpc) is 2.58. The van der Waals surface area contributed by atoms with E-state index in [1.54, 1.807) is 11.0 Å². The first-order valence-corrected chi connectivity index (χ1v) is 8.14. The molecule has 1 fully saturated rings. The maximum Gasteiger partial charge on any atom is 0.407 e. The molecule has 130 valence electrons. The highest BCUT2D eigenvalue weighted by molar-refractivity contribution is 9.10. The summed E-state index contributed by atoms with van der Waals surface area (Å²) in [6, 6.07) is 4.42. The second-order valence-corrected chi connectivity index (χ2v) is 6.37. The molecular formula is C15H12BrF2N5O2. The Hall–Kier alpha value is -2.54. The van der Waals surface area contributed by atoms with Crippen LogP contribution in [0.2, 0.25) is 0 Å². The fourth-order valence-corrected chi connectivity index (χ4v) is 3.24. The number of hydrogen-bond donors (Lipinski definition) is 1. The lowest BCUT2D eigenvalue weighted by Crippen LogP contribution is -2.55. The molecule has 1 aromatic carbocycles. The highest BCUT2D eigenvalue weighted by Crippen LogP contribution is 2.30. The molecule has 1 amide bonds. The number of carboxylic acid groups (broad SMARTS) is 1. The number of anilines is 1. The summed E-state index contributed by atoms with van der Waals surface area (Å²) in [6.45, 7) is 0.536. The van der Waals surface area contributed by atoms with Gasteiger partial charge in [0.05, 0.1) is 23.0 Å². The van der Waals surface area contributed by atoms with Crippen molar-refractivity contribution in [1.29, 1.82) is 5.26 Å². The van der Waals surface area contributed by atoms with Gasteiger partial charge in [0.25, 0.3) is 0 Å². The van der Waals surface area contributed by atoms with Crippen LogP contribution in [-0.4, -0.2) is 51.7 Å². The molecule has 1 unspecified atom stereocenters. The quantitative estimate of drug-likeness (QED) is 0.763. The average molecular weight is 412 g/mol. The van der Waals surface area contributed by atoms with E-state index in [2.05, 4.69) is 25.9 Å². The van der Waals surface area contributed by atoms with Crippen LogP contribution >= 0.6 is 15.9 Å². The zero-order chi connectivity index (χ0) is 18.1. The van der Waals surface area contributed by atoms with Crippen molar-refractivity contribution in [3.05, 3.63) is 28.5 Å². The Kier molecular flexibility index (Phi) is 4.67. The summed E-state index contributed by atoms with van der Waals surface area (Å²) in [6.07, 6.45) is -2.20. The lowest BCUT2D eigenvalue weighted by atomic mass is 10.1. The monoisotopic (exact) mass is 411 g/mol.